The highest BCUT2D eigenvalue weighted by atomic mass is 16.3. The molecule has 3 nitrogen and oxygen atoms in total. The molecule has 0 aromatic carbocycles. The fourth-order valence-corrected chi connectivity index (χ4v) is 3.31. The molecule has 0 aromatic heterocycles. The molecule has 1 saturated heterocycles. The first kappa shape index (κ1) is 12.9. The molecule has 17 heavy (non-hydrogen) atoms. The molecule has 0 bridgehead atoms. The lowest BCUT2D eigenvalue weighted by atomic mass is 9.93. The maximum absolute atomic E-state index is 12.2. The average Bonchev–Trinajstić information content (AvgIpc) is 2.80. The van der Waals surface area contributed by atoms with E-state index in [0.717, 1.165) is 31.7 Å². The minimum atomic E-state index is -0.300. The van der Waals surface area contributed by atoms with Crippen molar-refractivity contribution in [2.24, 2.45) is 11.8 Å². The number of piperidine rings is 1. The normalized spacial score (nSPS) is 28.4. The van der Waals surface area contributed by atoms with Gasteiger partial charge in [-0.25, -0.2) is 0 Å². The maximum atomic E-state index is 12.2. The minimum absolute atomic E-state index is 0.142. The van der Waals surface area contributed by atoms with E-state index in [1.54, 1.807) is 0 Å². The molecule has 2 aliphatic rings. The predicted molar refractivity (Wildman–Crippen MR) is 67.6 cm³/mol. The van der Waals surface area contributed by atoms with Crippen LogP contribution in [0, 0.1) is 11.8 Å². The zero-order chi connectivity index (χ0) is 12.3. The lowest BCUT2D eigenvalue weighted by Crippen LogP contribution is -2.44. The van der Waals surface area contributed by atoms with Crippen molar-refractivity contribution in [3.63, 3.8) is 0 Å². The Morgan fingerprint density at radius 2 is 2.00 bits per heavy atom. The molecule has 3 heteroatoms. The van der Waals surface area contributed by atoms with Crippen LogP contribution in [0.25, 0.3) is 0 Å². The van der Waals surface area contributed by atoms with Crippen molar-refractivity contribution in [1.82, 2.24) is 4.90 Å². The number of hydrogen-bond donors (Lipinski definition) is 1. The second kappa shape index (κ2) is 5.85. The summed E-state index contributed by atoms with van der Waals surface area (Å²) in [4.78, 5) is 14.1. The summed E-state index contributed by atoms with van der Waals surface area (Å²) in [7, 11) is 0. The third kappa shape index (κ3) is 3.44. The van der Waals surface area contributed by atoms with Crippen LogP contribution in [0.5, 0.6) is 0 Å². The zero-order valence-electron chi connectivity index (χ0n) is 10.9. The van der Waals surface area contributed by atoms with E-state index in [1.807, 2.05) is 4.90 Å². The largest absolute Gasteiger partial charge is 0.391 e. The number of aliphatic hydroxyl groups is 1. The number of carbonyl (C=O) groups is 1. The average molecular weight is 239 g/mol. The van der Waals surface area contributed by atoms with E-state index in [1.165, 1.54) is 25.7 Å². The topological polar surface area (TPSA) is 40.5 Å². The van der Waals surface area contributed by atoms with E-state index in [4.69, 9.17) is 0 Å². The van der Waals surface area contributed by atoms with Gasteiger partial charge in [-0.1, -0.05) is 32.6 Å². The molecule has 1 heterocycles. The Hall–Kier alpha value is -0.570. The summed E-state index contributed by atoms with van der Waals surface area (Å²) in [6, 6.07) is 0. The van der Waals surface area contributed by atoms with Gasteiger partial charge >= 0.3 is 0 Å². The van der Waals surface area contributed by atoms with Crippen LogP contribution in [-0.4, -0.2) is 35.1 Å². The molecule has 2 rings (SSSR count). The van der Waals surface area contributed by atoms with Crippen LogP contribution in [0.15, 0.2) is 0 Å². The van der Waals surface area contributed by atoms with Gasteiger partial charge in [0.25, 0.3) is 0 Å². The van der Waals surface area contributed by atoms with Gasteiger partial charge in [-0.15, -0.1) is 0 Å². The predicted octanol–water partition coefficient (Wildman–Crippen LogP) is 2.19. The highest BCUT2D eigenvalue weighted by Crippen LogP contribution is 2.31. The van der Waals surface area contributed by atoms with Crippen molar-refractivity contribution in [1.29, 1.82) is 0 Å². The van der Waals surface area contributed by atoms with Gasteiger partial charge in [0.15, 0.2) is 0 Å². The van der Waals surface area contributed by atoms with Crippen LogP contribution >= 0.6 is 0 Å². The van der Waals surface area contributed by atoms with Gasteiger partial charge in [0.2, 0.25) is 5.91 Å². The van der Waals surface area contributed by atoms with E-state index in [2.05, 4.69) is 6.92 Å². The Morgan fingerprint density at radius 3 is 2.65 bits per heavy atom. The number of hydrogen-bond acceptors (Lipinski definition) is 2. The first-order valence-corrected chi connectivity index (χ1v) is 7.13. The van der Waals surface area contributed by atoms with Crippen molar-refractivity contribution < 1.29 is 9.90 Å². The Bertz CT molecular complexity index is 261. The number of likely N-dealkylation sites (tertiary alicyclic amines) is 1. The summed E-state index contributed by atoms with van der Waals surface area (Å²) in [5, 5.41) is 9.60. The van der Waals surface area contributed by atoms with Gasteiger partial charge in [-0.3, -0.25) is 4.79 Å². The summed E-state index contributed by atoms with van der Waals surface area (Å²) in [6.07, 6.45) is 7.84. The van der Waals surface area contributed by atoms with Gasteiger partial charge in [-0.2, -0.15) is 0 Å². The number of β-amino-alcohol motifs (C(OH)–C–C–N with tert-alkyl or cyclic N) is 1. The quantitative estimate of drug-likeness (QED) is 0.820. The highest BCUT2D eigenvalue weighted by molar-refractivity contribution is 5.78. The number of rotatable bonds is 3. The third-order valence-electron chi connectivity index (χ3n) is 4.29. The lowest BCUT2D eigenvalue weighted by Gasteiger charge is -2.32. The first-order valence-electron chi connectivity index (χ1n) is 7.13. The van der Waals surface area contributed by atoms with E-state index in [9.17, 15) is 9.90 Å². The molecular weight excluding hydrogens is 214 g/mol. The molecule has 0 aromatic rings. The Labute approximate surface area is 104 Å². The summed E-state index contributed by atoms with van der Waals surface area (Å²) < 4.78 is 0. The minimum Gasteiger partial charge on any atom is -0.391 e. The summed E-state index contributed by atoms with van der Waals surface area (Å²) >= 11 is 0. The Morgan fingerprint density at radius 1 is 1.29 bits per heavy atom. The molecule has 1 aliphatic carbocycles. The highest BCUT2D eigenvalue weighted by Gasteiger charge is 2.28. The number of aliphatic hydroxyl groups excluding tert-OH is 1. The molecule has 0 spiro atoms. The fraction of sp³-hybridized carbons (Fsp3) is 0.929. The van der Waals surface area contributed by atoms with Crippen molar-refractivity contribution in [2.45, 2.75) is 58.0 Å². The molecular formula is C14H25NO2. The summed E-state index contributed by atoms with van der Waals surface area (Å²) in [5.41, 5.74) is 0. The zero-order valence-corrected chi connectivity index (χ0v) is 10.9. The first-order chi connectivity index (χ1) is 8.16. The molecule has 1 saturated carbocycles. The van der Waals surface area contributed by atoms with Crippen molar-refractivity contribution in [3.8, 4) is 0 Å². The fourth-order valence-electron chi connectivity index (χ4n) is 3.31. The SMILES string of the molecule is CC(CC1CCCC1)C(=O)N1CCCC(O)C1. The number of carbonyl (C=O) groups excluding carboxylic acids is 1. The summed E-state index contributed by atoms with van der Waals surface area (Å²) in [6.45, 7) is 3.44. The van der Waals surface area contributed by atoms with E-state index in [-0.39, 0.29) is 17.9 Å². The second-order valence-electron chi connectivity index (χ2n) is 5.87. The second-order valence-corrected chi connectivity index (χ2v) is 5.87. The standard InChI is InChI=1S/C14H25NO2/c1-11(9-12-5-2-3-6-12)14(17)15-8-4-7-13(16)10-15/h11-13,16H,2-10H2,1H3. The molecule has 98 valence electrons. The third-order valence-corrected chi connectivity index (χ3v) is 4.29. The van der Waals surface area contributed by atoms with Crippen molar-refractivity contribution in [3.05, 3.63) is 0 Å². The van der Waals surface area contributed by atoms with Crippen LogP contribution in [0.1, 0.15) is 51.9 Å². The Balaban J connectivity index is 1.81. The van der Waals surface area contributed by atoms with Crippen LogP contribution in [-0.2, 0) is 4.79 Å². The number of amides is 1. The van der Waals surface area contributed by atoms with Gasteiger partial charge in [0, 0.05) is 19.0 Å². The maximum Gasteiger partial charge on any atom is 0.225 e. The molecule has 0 radical (unpaired) electrons. The smallest absolute Gasteiger partial charge is 0.225 e. The van der Waals surface area contributed by atoms with Crippen molar-refractivity contribution in [2.75, 3.05) is 13.1 Å². The van der Waals surface area contributed by atoms with Crippen LogP contribution < -0.4 is 0 Å². The van der Waals surface area contributed by atoms with Crippen molar-refractivity contribution >= 4 is 5.91 Å². The van der Waals surface area contributed by atoms with Gasteiger partial charge in [0.1, 0.15) is 0 Å². The number of nitrogens with zero attached hydrogens (tertiary/aromatic N) is 1. The van der Waals surface area contributed by atoms with E-state index < -0.39 is 0 Å². The van der Waals surface area contributed by atoms with E-state index in [0.29, 0.717) is 6.54 Å². The molecule has 2 unspecified atom stereocenters. The van der Waals surface area contributed by atoms with Gasteiger partial charge in [0.05, 0.1) is 6.10 Å². The summed E-state index contributed by atoms with van der Waals surface area (Å²) in [5.74, 6) is 1.17. The monoisotopic (exact) mass is 239 g/mol. The van der Waals surface area contributed by atoms with Gasteiger partial charge < -0.3 is 10.0 Å². The van der Waals surface area contributed by atoms with Gasteiger partial charge in [-0.05, 0) is 25.2 Å². The van der Waals surface area contributed by atoms with E-state index >= 15 is 0 Å². The lowest BCUT2D eigenvalue weighted by molar-refractivity contribution is -0.138. The molecule has 1 aliphatic heterocycles. The van der Waals surface area contributed by atoms with Crippen LogP contribution in [0.4, 0.5) is 0 Å². The Kier molecular flexibility index (Phi) is 4.43. The molecule has 1 N–H and O–H groups in total. The molecule has 2 atom stereocenters. The molecule has 1 amide bonds. The van der Waals surface area contributed by atoms with Crippen LogP contribution in [0.2, 0.25) is 0 Å². The van der Waals surface area contributed by atoms with Crippen LogP contribution in [0.3, 0.4) is 0 Å². The molecule has 2 fully saturated rings.